The number of anilines is 1. The second-order valence-electron chi connectivity index (χ2n) is 14.4. The van der Waals surface area contributed by atoms with Crippen LogP contribution in [0.1, 0.15) is 41.1 Å². The van der Waals surface area contributed by atoms with Gasteiger partial charge in [-0.3, -0.25) is 24.2 Å². The summed E-state index contributed by atoms with van der Waals surface area (Å²) in [4.78, 5) is 62.8. The quantitative estimate of drug-likeness (QED) is 0.150. The summed E-state index contributed by atoms with van der Waals surface area (Å²) in [5.41, 5.74) is 0.145. The molecule has 3 aliphatic carbocycles. The molecule has 0 radical (unpaired) electrons. The number of halogens is 4. The standard InChI is InChI=1S/C43H35ClF3N3O6/c1-49(39-33(44)18-19-34(48-39)43(45,46)47)50-40(54)29-17-16-28-31(36(29)41(50)55)22-32-38(53)30(24-8-4-2-5-9-24)23-35(52)42(32,26-10-6-3-7-11-26)37(28)25-12-14-27(15-13-25)56-21-20-51/h2-16,18-19,23,29,31-32,36-37,51H,17,20-22H2,1H3. The molecule has 1 saturated heterocycles. The Morgan fingerprint density at radius 3 is 2.25 bits per heavy atom. The van der Waals surface area contributed by atoms with Gasteiger partial charge in [-0.1, -0.05) is 96.0 Å². The summed E-state index contributed by atoms with van der Waals surface area (Å²) in [6.45, 7) is -0.126. The van der Waals surface area contributed by atoms with Gasteiger partial charge in [0, 0.05) is 24.5 Å². The number of amides is 2. The third-order valence-electron chi connectivity index (χ3n) is 11.6. The zero-order chi connectivity index (χ0) is 39.5. The first-order chi connectivity index (χ1) is 26.9. The zero-order valence-electron chi connectivity index (χ0n) is 29.9. The van der Waals surface area contributed by atoms with Crippen LogP contribution in [0.2, 0.25) is 5.02 Å². The van der Waals surface area contributed by atoms with Crippen molar-refractivity contribution in [2.75, 3.05) is 25.3 Å². The molecule has 2 amide bonds. The van der Waals surface area contributed by atoms with E-state index < -0.39 is 64.5 Å². The van der Waals surface area contributed by atoms with Crippen LogP contribution >= 0.6 is 11.6 Å². The van der Waals surface area contributed by atoms with E-state index in [1.807, 2.05) is 54.6 Å². The van der Waals surface area contributed by atoms with Gasteiger partial charge in [-0.05, 0) is 65.8 Å². The van der Waals surface area contributed by atoms with Crippen LogP contribution in [0.15, 0.2) is 115 Å². The number of hydrazine groups is 1. The normalized spacial score (nSPS) is 25.9. The Morgan fingerprint density at radius 2 is 1.59 bits per heavy atom. The molecule has 6 atom stereocenters. The number of hydrogen-bond acceptors (Lipinski definition) is 8. The monoisotopic (exact) mass is 781 g/mol. The fourth-order valence-corrected chi connectivity index (χ4v) is 9.59. The van der Waals surface area contributed by atoms with Gasteiger partial charge >= 0.3 is 6.18 Å². The van der Waals surface area contributed by atoms with Crippen molar-refractivity contribution in [3.05, 3.63) is 142 Å². The van der Waals surface area contributed by atoms with Crippen LogP contribution < -0.4 is 9.75 Å². The summed E-state index contributed by atoms with van der Waals surface area (Å²) in [5, 5.41) is 10.9. The molecule has 0 bridgehead atoms. The number of aliphatic hydroxyl groups excluding tert-OH is 1. The van der Waals surface area contributed by atoms with Gasteiger partial charge in [0.2, 0.25) is 0 Å². The van der Waals surface area contributed by atoms with Gasteiger partial charge in [-0.25, -0.2) is 4.98 Å². The molecule has 2 heterocycles. The van der Waals surface area contributed by atoms with E-state index in [1.165, 1.54) is 13.1 Å². The minimum Gasteiger partial charge on any atom is -0.491 e. The maximum atomic E-state index is 15.2. The third kappa shape index (κ3) is 5.85. The fraction of sp³-hybridized carbons (Fsp3) is 0.279. The van der Waals surface area contributed by atoms with Gasteiger partial charge in [0.05, 0.1) is 28.9 Å². The van der Waals surface area contributed by atoms with E-state index in [9.17, 15) is 27.9 Å². The Bertz CT molecular complexity index is 2300. The maximum Gasteiger partial charge on any atom is 0.433 e. The number of rotatable bonds is 8. The topological polar surface area (TPSA) is 117 Å². The molecule has 4 aliphatic rings. The minimum atomic E-state index is -4.81. The van der Waals surface area contributed by atoms with Crippen molar-refractivity contribution in [1.29, 1.82) is 0 Å². The largest absolute Gasteiger partial charge is 0.491 e. The molecule has 9 nitrogen and oxygen atoms in total. The van der Waals surface area contributed by atoms with Crippen molar-refractivity contribution >= 4 is 46.4 Å². The molecule has 1 saturated carbocycles. The van der Waals surface area contributed by atoms with Crippen LogP contribution in [0.5, 0.6) is 5.75 Å². The van der Waals surface area contributed by atoms with Crippen LogP contribution in [0, 0.1) is 23.7 Å². The third-order valence-corrected chi connectivity index (χ3v) is 11.9. The van der Waals surface area contributed by atoms with Gasteiger partial charge in [0.1, 0.15) is 18.1 Å². The lowest BCUT2D eigenvalue weighted by atomic mass is 9.44. The smallest absolute Gasteiger partial charge is 0.433 e. The number of fused-ring (bicyclic) bond motifs is 4. The Kier molecular flexibility index (Phi) is 9.45. The van der Waals surface area contributed by atoms with Crippen molar-refractivity contribution in [2.45, 2.75) is 30.4 Å². The summed E-state index contributed by atoms with van der Waals surface area (Å²) < 4.78 is 46.8. The molecule has 3 aromatic carbocycles. The molecule has 0 spiro atoms. The van der Waals surface area contributed by atoms with Crippen LogP contribution in [-0.4, -0.2) is 58.7 Å². The lowest BCUT2D eigenvalue weighted by Gasteiger charge is -2.55. The number of allylic oxidation sites excluding steroid dienone is 4. The van der Waals surface area contributed by atoms with Crippen molar-refractivity contribution in [3.8, 4) is 5.75 Å². The van der Waals surface area contributed by atoms with Crippen molar-refractivity contribution in [2.24, 2.45) is 23.7 Å². The van der Waals surface area contributed by atoms with E-state index >= 15 is 9.59 Å². The molecule has 1 N–H and O–H groups in total. The van der Waals surface area contributed by atoms with Gasteiger partial charge in [-0.15, -0.1) is 0 Å². The number of ether oxygens (including phenoxy) is 1. The van der Waals surface area contributed by atoms with Crippen LogP contribution in [-0.2, 0) is 30.8 Å². The van der Waals surface area contributed by atoms with Gasteiger partial charge in [0.15, 0.2) is 17.4 Å². The van der Waals surface area contributed by atoms with Crippen molar-refractivity contribution in [3.63, 3.8) is 0 Å². The molecule has 4 aromatic rings. The number of carbonyl (C=O) groups is 4. The highest BCUT2D eigenvalue weighted by molar-refractivity contribution is 6.33. The number of ketones is 2. The molecule has 13 heteroatoms. The van der Waals surface area contributed by atoms with E-state index in [4.69, 9.17) is 16.3 Å². The lowest BCUT2D eigenvalue weighted by molar-refractivity contribution is -0.141. The second kappa shape index (κ2) is 14.2. The van der Waals surface area contributed by atoms with Gasteiger partial charge < -0.3 is 9.84 Å². The summed E-state index contributed by atoms with van der Waals surface area (Å²) in [6.07, 6.45) is -1.33. The summed E-state index contributed by atoms with van der Waals surface area (Å²) in [5.74, 6) is -6.18. The number of benzene rings is 3. The Hall–Kier alpha value is -5.59. The number of pyridine rings is 1. The minimum absolute atomic E-state index is 0.0456. The molecule has 6 unspecified atom stereocenters. The number of alkyl halides is 3. The van der Waals surface area contributed by atoms with E-state index in [0.29, 0.717) is 28.0 Å². The Balaban J connectivity index is 1.29. The van der Waals surface area contributed by atoms with E-state index in [0.717, 1.165) is 22.2 Å². The highest BCUT2D eigenvalue weighted by Gasteiger charge is 2.66. The number of nitrogens with zero attached hydrogens (tertiary/aromatic N) is 3. The number of Topliss-reactive ketones (excluding diaryl/α,β-unsaturated/α-hetero) is 1. The van der Waals surface area contributed by atoms with Crippen molar-refractivity contribution < 1.29 is 42.2 Å². The number of aromatic nitrogens is 1. The lowest BCUT2D eigenvalue weighted by Crippen LogP contribution is -2.58. The zero-order valence-corrected chi connectivity index (χ0v) is 30.7. The van der Waals surface area contributed by atoms with Crippen LogP contribution in [0.25, 0.3) is 5.57 Å². The molecule has 1 aliphatic heterocycles. The molecule has 8 rings (SSSR count). The molecule has 2 fully saturated rings. The first-order valence-corrected chi connectivity index (χ1v) is 18.6. The number of aliphatic hydroxyl groups is 1. The van der Waals surface area contributed by atoms with E-state index in [1.54, 1.807) is 36.4 Å². The fourth-order valence-electron chi connectivity index (χ4n) is 9.36. The van der Waals surface area contributed by atoms with Crippen molar-refractivity contribution in [1.82, 2.24) is 9.99 Å². The average molecular weight is 782 g/mol. The second-order valence-corrected chi connectivity index (χ2v) is 14.8. The Labute approximate surface area is 325 Å². The number of carbonyl (C=O) groups excluding carboxylic acids is 4. The Morgan fingerprint density at radius 1 is 0.911 bits per heavy atom. The van der Waals surface area contributed by atoms with Gasteiger partial charge in [0.25, 0.3) is 11.8 Å². The average Bonchev–Trinajstić information content (AvgIpc) is 3.46. The summed E-state index contributed by atoms with van der Waals surface area (Å²) in [7, 11) is 1.26. The highest BCUT2D eigenvalue weighted by Crippen LogP contribution is 2.63. The predicted molar refractivity (Wildman–Crippen MR) is 200 cm³/mol. The molecule has 56 heavy (non-hydrogen) atoms. The summed E-state index contributed by atoms with van der Waals surface area (Å²) >= 11 is 6.32. The summed E-state index contributed by atoms with van der Waals surface area (Å²) in [6, 6.07) is 26.8. The molecule has 286 valence electrons. The van der Waals surface area contributed by atoms with Crippen LogP contribution in [0.3, 0.4) is 0 Å². The van der Waals surface area contributed by atoms with Gasteiger partial charge in [-0.2, -0.15) is 18.2 Å². The first-order valence-electron chi connectivity index (χ1n) is 18.2. The molecular weight excluding hydrogens is 747 g/mol. The molecule has 1 aromatic heterocycles. The van der Waals surface area contributed by atoms with E-state index in [-0.39, 0.29) is 48.2 Å². The first kappa shape index (κ1) is 37.3. The maximum absolute atomic E-state index is 15.2. The number of imide groups is 1. The van der Waals surface area contributed by atoms with E-state index in [2.05, 4.69) is 4.98 Å². The SMILES string of the molecule is CN(c1nc(C(F)(F)F)ccc1Cl)N1C(=O)C2CC=C3C(CC4C(=O)C(c5ccccc5)=CC(=O)C4(c4ccccc4)C3c3ccc(OCCO)cc3)C2C1=O. The van der Waals surface area contributed by atoms with Crippen LogP contribution in [0.4, 0.5) is 19.0 Å². The highest BCUT2D eigenvalue weighted by atomic mass is 35.5. The number of hydrogen-bond donors (Lipinski definition) is 1. The predicted octanol–water partition coefficient (Wildman–Crippen LogP) is 7.00. The molecular formula is C43H35ClF3N3O6.